The van der Waals surface area contributed by atoms with Crippen LogP contribution in [0.15, 0.2) is 37.1 Å². The van der Waals surface area contributed by atoms with Crippen LogP contribution in [0.1, 0.15) is 108 Å². The van der Waals surface area contributed by atoms with E-state index in [9.17, 15) is 19.8 Å². The number of aromatic nitrogens is 3. The molecule has 1 amide bonds. The Morgan fingerprint density at radius 3 is 2.25 bits per heavy atom. The summed E-state index contributed by atoms with van der Waals surface area (Å²) in [5, 5.41) is 23.0. The van der Waals surface area contributed by atoms with E-state index in [2.05, 4.69) is 9.97 Å². The van der Waals surface area contributed by atoms with Crippen molar-refractivity contribution in [1.82, 2.24) is 24.3 Å². The monoisotopic (exact) mass is 972 g/mol. The summed E-state index contributed by atoms with van der Waals surface area (Å²) in [6, 6.07) is 2.72. The minimum atomic E-state index is -1.42. The van der Waals surface area contributed by atoms with Crippen molar-refractivity contribution in [3.8, 4) is 11.3 Å². The maximum absolute atomic E-state index is 15.1. The van der Waals surface area contributed by atoms with Gasteiger partial charge in [-0.15, -0.1) is 0 Å². The van der Waals surface area contributed by atoms with Gasteiger partial charge in [-0.2, -0.15) is 0 Å². The second kappa shape index (κ2) is 22.4. The quantitative estimate of drug-likeness (QED) is 0.174. The molecule has 0 spiro atoms. The molecule has 4 fully saturated rings. The molecule has 4 aliphatic heterocycles. The first kappa shape index (κ1) is 54.7. The number of Topliss-reactive ketones (excluding diaryl/α,β-unsaturated/α-hetero) is 1. The Hall–Kier alpha value is -3.59. The number of hydrogen-bond donors (Lipinski definition) is 2. The molecule has 4 saturated heterocycles. The summed E-state index contributed by atoms with van der Waals surface area (Å²) in [4.78, 5) is 56.6. The first-order chi connectivity index (χ1) is 32.5. The molecular formula is C51H81N5O13. The number of cyclic esters (lactones) is 1. The Kier molecular flexibility index (Phi) is 17.8. The molecular weight excluding hydrogens is 891 g/mol. The summed E-state index contributed by atoms with van der Waals surface area (Å²) in [5.41, 5.74) is -2.01. The van der Waals surface area contributed by atoms with Gasteiger partial charge in [0, 0.05) is 81.7 Å². The van der Waals surface area contributed by atoms with Crippen LogP contribution in [0.3, 0.4) is 0 Å². The van der Waals surface area contributed by atoms with Crippen molar-refractivity contribution >= 4 is 17.8 Å². The van der Waals surface area contributed by atoms with Crippen molar-refractivity contribution in [1.29, 1.82) is 0 Å². The van der Waals surface area contributed by atoms with Crippen LogP contribution >= 0.6 is 0 Å². The topological polar surface area (TPSA) is 203 Å². The number of aryl methyl sites for hydroxylation is 1. The van der Waals surface area contributed by atoms with Gasteiger partial charge >= 0.3 is 12.1 Å². The first-order valence-corrected chi connectivity index (χ1v) is 24.9. The fraction of sp³-hybridized carbons (Fsp3) is 0.784. The molecule has 0 bridgehead atoms. The Balaban J connectivity index is 1.36. The number of amides is 1. The van der Waals surface area contributed by atoms with Gasteiger partial charge < -0.3 is 62.5 Å². The lowest BCUT2D eigenvalue weighted by Crippen LogP contribution is -2.61. The standard InChI is InChI=1S/C51H81N5O13/c1-15-38-51(10)43(56(48(61)69-51)22-17-16-21-55-27-36(53-28-55)35-19-18-20-52-26-35)31(4)40(57)29(2)24-50(9,63-14)45(68-47-41(58)37(54(11)12)23-30(3)64-47)32(5)42(33(6)46(60)66-38)67-39-25-49(8,62-13)44(59)34(7)65-39/h18-20,26-34,37-39,41-45,47,58-59H,15-17,21-25H2,1-14H3/t29-,30-,31+,32+,33-,34+,37+,38?,39?,41-,42?,43-,44+,45-,47+,49+,50-,51-/m1/s1. The predicted molar refractivity (Wildman–Crippen MR) is 254 cm³/mol. The van der Waals surface area contributed by atoms with Crippen LogP contribution in [0.2, 0.25) is 0 Å². The number of rotatable bonds is 14. The van der Waals surface area contributed by atoms with Crippen molar-refractivity contribution in [3.63, 3.8) is 0 Å². The third-order valence-corrected chi connectivity index (χ3v) is 15.8. The molecule has 18 atom stereocenters. The number of methoxy groups -OCH3 is 2. The summed E-state index contributed by atoms with van der Waals surface area (Å²) in [7, 11) is 6.87. The van der Waals surface area contributed by atoms with E-state index < -0.39 is 108 Å². The van der Waals surface area contributed by atoms with Gasteiger partial charge in [0.05, 0.1) is 59.6 Å². The van der Waals surface area contributed by atoms with E-state index in [-0.39, 0.29) is 37.2 Å². The molecule has 0 saturated carbocycles. The van der Waals surface area contributed by atoms with E-state index in [0.29, 0.717) is 32.4 Å². The highest BCUT2D eigenvalue weighted by molar-refractivity contribution is 5.85. The second-order valence-corrected chi connectivity index (χ2v) is 21.1. The van der Waals surface area contributed by atoms with E-state index in [1.54, 1.807) is 58.4 Å². The minimum absolute atomic E-state index is 0.126. The zero-order valence-electron chi connectivity index (χ0n) is 43.4. The summed E-state index contributed by atoms with van der Waals surface area (Å²) in [6.45, 7) is 19.1. The number of aliphatic hydroxyl groups excluding tert-OH is 2. The fourth-order valence-corrected chi connectivity index (χ4v) is 11.6. The molecule has 2 aromatic heterocycles. The van der Waals surface area contributed by atoms with Gasteiger partial charge in [-0.3, -0.25) is 14.6 Å². The number of carbonyl (C=O) groups excluding carboxylic acids is 3. The number of nitrogens with zero attached hydrogens (tertiary/aromatic N) is 5. The van der Waals surface area contributed by atoms with Gasteiger partial charge in [0.15, 0.2) is 18.2 Å². The predicted octanol–water partition coefficient (Wildman–Crippen LogP) is 5.65. The molecule has 4 aliphatic rings. The van der Waals surface area contributed by atoms with E-state index in [0.717, 1.165) is 11.3 Å². The molecule has 0 radical (unpaired) electrons. The largest absolute Gasteiger partial charge is 0.458 e. The number of fused-ring (bicyclic) bond motifs is 1. The third-order valence-electron chi connectivity index (χ3n) is 15.8. The first-order valence-electron chi connectivity index (χ1n) is 24.9. The maximum Gasteiger partial charge on any atom is 0.410 e. The Morgan fingerprint density at radius 2 is 1.61 bits per heavy atom. The second-order valence-electron chi connectivity index (χ2n) is 21.1. The number of carbonyl (C=O) groups is 3. The van der Waals surface area contributed by atoms with Gasteiger partial charge in [0.2, 0.25) is 0 Å². The van der Waals surface area contributed by atoms with Crippen LogP contribution in [-0.4, -0.2) is 171 Å². The number of hydrogen-bond acceptors (Lipinski definition) is 16. The average molecular weight is 972 g/mol. The molecule has 69 heavy (non-hydrogen) atoms. The van der Waals surface area contributed by atoms with E-state index >= 15 is 4.79 Å². The van der Waals surface area contributed by atoms with E-state index in [4.69, 9.17) is 37.9 Å². The molecule has 0 aromatic carbocycles. The number of aliphatic hydroxyl groups is 2. The highest BCUT2D eigenvalue weighted by Crippen LogP contribution is 2.45. The highest BCUT2D eigenvalue weighted by atomic mass is 16.7. The summed E-state index contributed by atoms with van der Waals surface area (Å²) >= 11 is 0. The number of ether oxygens (including phenoxy) is 8. The number of imidazole rings is 1. The lowest BCUT2D eigenvalue weighted by atomic mass is 9.73. The molecule has 2 aromatic rings. The van der Waals surface area contributed by atoms with E-state index in [1.165, 1.54) is 7.11 Å². The molecule has 3 unspecified atom stereocenters. The average Bonchev–Trinajstić information content (AvgIpc) is 3.90. The molecule has 0 aliphatic carbocycles. The zero-order chi connectivity index (χ0) is 50.7. The van der Waals surface area contributed by atoms with Gasteiger partial charge in [0.1, 0.15) is 24.1 Å². The lowest BCUT2D eigenvalue weighted by molar-refractivity contribution is -0.319. The highest BCUT2D eigenvalue weighted by Gasteiger charge is 2.61. The lowest BCUT2D eigenvalue weighted by Gasteiger charge is -2.50. The Bertz CT molecular complexity index is 2030. The van der Waals surface area contributed by atoms with Crippen LogP contribution in [-0.2, 0) is 54.0 Å². The minimum Gasteiger partial charge on any atom is -0.458 e. The van der Waals surface area contributed by atoms with Crippen LogP contribution in [0.25, 0.3) is 11.3 Å². The zero-order valence-corrected chi connectivity index (χ0v) is 43.4. The fourth-order valence-electron chi connectivity index (χ4n) is 11.6. The third kappa shape index (κ3) is 11.5. The Morgan fingerprint density at radius 1 is 0.913 bits per heavy atom. The van der Waals surface area contributed by atoms with Crippen molar-refractivity contribution in [3.05, 3.63) is 37.1 Å². The number of likely N-dealkylation sites (N-methyl/N-ethyl adjacent to an activating group) is 1. The summed E-state index contributed by atoms with van der Waals surface area (Å²) < 4.78 is 53.7. The van der Waals surface area contributed by atoms with E-state index in [1.807, 2.05) is 83.4 Å². The van der Waals surface area contributed by atoms with Crippen LogP contribution < -0.4 is 0 Å². The summed E-state index contributed by atoms with van der Waals surface area (Å²) in [6.07, 6.45) is 1.02. The van der Waals surface area contributed by atoms with Crippen molar-refractivity contribution in [2.45, 2.75) is 199 Å². The van der Waals surface area contributed by atoms with Gasteiger partial charge in [0.25, 0.3) is 0 Å². The van der Waals surface area contributed by atoms with Crippen molar-refractivity contribution < 1.29 is 62.5 Å². The molecule has 18 heteroatoms. The van der Waals surface area contributed by atoms with Gasteiger partial charge in [-0.1, -0.05) is 27.7 Å². The number of pyridine rings is 1. The van der Waals surface area contributed by atoms with Crippen LogP contribution in [0, 0.1) is 23.7 Å². The SMILES string of the molecule is CCC1OC(=O)[C@H](C)C(OC2C[C@](C)(OC)[C@@H](O)[C@H](C)O2)[C@H](C)[C@@H](O[C@@H]2O[C@H](C)C[C@H](N(C)C)[C@H]2O)[C@](C)(OC)C[C@@H](C)C(=O)[C@H](C)[C@H]2N(CCCCn3cnc(-c4cccnc4)c3)C(=O)O[C@]12C. The van der Waals surface area contributed by atoms with Gasteiger partial charge in [-0.05, 0) is 99.9 Å². The molecule has 2 N–H and O–H groups in total. The number of esters is 1. The molecule has 6 heterocycles. The van der Waals surface area contributed by atoms with Gasteiger partial charge in [-0.25, -0.2) is 9.78 Å². The molecule has 18 nitrogen and oxygen atoms in total. The Labute approximate surface area is 409 Å². The smallest absolute Gasteiger partial charge is 0.410 e. The molecule has 388 valence electrons. The number of unbranched alkanes of at least 4 members (excludes halogenated alkanes) is 1. The molecule has 6 rings (SSSR count). The normalized spacial score (nSPS) is 40.6. The van der Waals surface area contributed by atoms with Crippen molar-refractivity contribution in [2.24, 2.45) is 23.7 Å². The van der Waals surface area contributed by atoms with Crippen molar-refractivity contribution in [2.75, 3.05) is 34.9 Å². The number of ketones is 1. The van der Waals surface area contributed by atoms with Crippen LogP contribution in [0.4, 0.5) is 4.79 Å². The van der Waals surface area contributed by atoms with Crippen LogP contribution in [0.5, 0.6) is 0 Å². The summed E-state index contributed by atoms with van der Waals surface area (Å²) in [5.74, 6) is -3.91. The maximum atomic E-state index is 15.1.